The molecule has 0 heterocycles. The third-order valence-electron chi connectivity index (χ3n) is 4.46. The fourth-order valence-electron chi connectivity index (χ4n) is 3.19. The van der Waals surface area contributed by atoms with Gasteiger partial charge in [-0.15, -0.1) is 0 Å². The molecule has 2 aromatic carbocycles. The van der Waals surface area contributed by atoms with Crippen molar-refractivity contribution in [2.45, 2.75) is 33.1 Å². The Hall–Kier alpha value is -2.42. The zero-order valence-electron chi connectivity index (χ0n) is 13.8. The predicted octanol–water partition coefficient (Wildman–Crippen LogP) is 3.87. The number of carbonyl (C=O) groups is 1. The lowest BCUT2D eigenvalue weighted by atomic mass is 10.0. The second-order valence-corrected chi connectivity index (χ2v) is 6.41. The summed E-state index contributed by atoms with van der Waals surface area (Å²) in [5.74, 6) is 0.404. The molecule has 0 aromatic heterocycles. The Bertz CT molecular complexity index is 726. The van der Waals surface area contributed by atoms with Crippen LogP contribution in [0, 0.1) is 26.7 Å². The highest BCUT2D eigenvalue weighted by atomic mass is 16.2. The van der Waals surface area contributed by atoms with Crippen LogP contribution in [0.25, 0.3) is 0 Å². The number of hydrogen-bond donors (Lipinski definition) is 1. The summed E-state index contributed by atoms with van der Waals surface area (Å²) in [5, 5.41) is 4.16. The number of benzene rings is 2. The van der Waals surface area contributed by atoms with Crippen molar-refractivity contribution in [2.75, 3.05) is 0 Å². The Morgan fingerprint density at radius 1 is 1.13 bits per heavy atom. The average Bonchev–Trinajstić information content (AvgIpc) is 3.31. The van der Waals surface area contributed by atoms with Gasteiger partial charge in [0.1, 0.15) is 0 Å². The Labute approximate surface area is 137 Å². The van der Waals surface area contributed by atoms with Gasteiger partial charge in [-0.3, -0.25) is 4.79 Å². The predicted molar refractivity (Wildman–Crippen MR) is 93.7 cm³/mol. The largest absolute Gasteiger partial charge is 0.273 e. The zero-order chi connectivity index (χ0) is 16.4. The van der Waals surface area contributed by atoms with E-state index < -0.39 is 0 Å². The number of hydrazone groups is 1. The first kappa shape index (κ1) is 15.5. The number of carbonyl (C=O) groups excluding carboxylic acids is 1. The number of rotatable bonds is 4. The number of nitrogens with zero attached hydrogens (tertiary/aromatic N) is 1. The molecule has 1 aliphatic carbocycles. The molecule has 3 nitrogen and oxygen atoms in total. The SMILES string of the molecule is Cc1cc(C)c(C=NNC(=O)C2CC2c2ccccc2)c(C)c1. The number of aryl methyl sites for hydroxylation is 3. The van der Waals surface area contributed by atoms with Gasteiger partial charge in [0.05, 0.1) is 6.21 Å². The minimum Gasteiger partial charge on any atom is -0.273 e. The first-order valence-electron chi connectivity index (χ1n) is 8.02. The molecule has 2 atom stereocenters. The molecule has 2 aromatic rings. The first-order valence-corrected chi connectivity index (χ1v) is 8.02. The summed E-state index contributed by atoms with van der Waals surface area (Å²) < 4.78 is 0. The lowest BCUT2D eigenvalue weighted by Crippen LogP contribution is -2.20. The summed E-state index contributed by atoms with van der Waals surface area (Å²) in [6.07, 6.45) is 2.66. The molecule has 0 aliphatic heterocycles. The van der Waals surface area contributed by atoms with E-state index in [0.717, 1.165) is 12.0 Å². The number of amides is 1. The van der Waals surface area contributed by atoms with Crippen LogP contribution in [-0.2, 0) is 4.79 Å². The standard InChI is InChI=1S/C20H22N2O/c1-13-9-14(2)19(15(3)10-13)12-21-22-20(23)18-11-17(18)16-7-5-4-6-8-16/h4-10,12,17-18H,11H2,1-3H3,(H,22,23). The lowest BCUT2D eigenvalue weighted by Gasteiger charge is -2.06. The molecule has 3 rings (SSSR count). The van der Waals surface area contributed by atoms with Crippen molar-refractivity contribution in [1.29, 1.82) is 0 Å². The molecular formula is C20H22N2O. The van der Waals surface area contributed by atoms with Gasteiger partial charge in [-0.1, -0.05) is 48.0 Å². The van der Waals surface area contributed by atoms with Crippen molar-refractivity contribution in [3.8, 4) is 0 Å². The van der Waals surface area contributed by atoms with Crippen molar-refractivity contribution >= 4 is 12.1 Å². The summed E-state index contributed by atoms with van der Waals surface area (Å²) >= 11 is 0. The van der Waals surface area contributed by atoms with Crippen molar-refractivity contribution in [3.05, 3.63) is 70.3 Å². The van der Waals surface area contributed by atoms with E-state index in [4.69, 9.17) is 0 Å². The minimum atomic E-state index is 0.0116. The van der Waals surface area contributed by atoms with Crippen molar-refractivity contribution in [1.82, 2.24) is 5.43 Å². The van der Waals surface area contributed by atoms with Crippen LogP contribution in [0.15, 0.2) is 47.6 Å². The van der Waals surface area contributed by atoms with Crippen LogP contribution in [0.4, 0.5) is 0 Å². The van der Waals surface area contributed by atoms with Crippen molar-refractivity contribution in [2.24, 2.45) is 11.0 Å². The highest BCUT2D eigenvalue weighted by molar-refractivity contribution is 5.87. The van der Waals surface area contributed by atoms with Crippen LogP contribution in [-0.4, -0.2) is 12.1 Å². The lowest BCUT2D eigenvalue weighted by molar-refractivity contribution is -0.122. The smallest absolute Gasteiger partial charge is 0.243 e. The van der Waals surface area contributed by atoms with Gasteiger partial charge in [-0.25, -0.2) is 5.43 Å². The van der Waals surface area contributed by atoms with E-state index in [9.17, 15) is 4.79 Å². The van der Waals surface area contributed by atoms with E-state index in [1.54, 1.807) is 6.21 Å². The second-order valence-electron chi connectivity index (χ2n) is 6.41. The van der Waals surface area contributed by atoms with Gasteiger partial charge in [-0.2, -0.15) is 5.10 Å². The monoisotopic (exact) mass is 306 g/mol. The molecule has 1 N–H and O–H groups in total. The summed E-state index contributed by atoms with van der Waals surface area (Å²) in [7, 11) is 0. The zero-order valence-corrected chi connectivity index (χ0v) is 13.8. The van der Waals surface area contributed by atoms with E-state index in [1.807, 2.05) is 18.2 Å². The van der Waals surface area contributed by atoms with Gasteiger partial charge in [0.15, 0.2) is 0 Å². The van der Waals surface area contributed by atoms with Crippen molar-refractivity contribution in [3.63, 3.8) is 0 Å². The molecule has 0 radical (unpaired) electrons. The van der Waals surface area contributed by atoms with Gasteiger partial charge < -0.3 is 0 Å². The molecule has 1 saturated carbocycles. The van der Waals surface area contributed by atoms with Crippen LogP contribution >= 0.6 is 0 Å². The van der Waals surface area contributed by atoms with Crippen molar-refractivity contribution < 1.29 is 4.79 Å². The van der Waals surface area contributed by atoms with Gasteiger partial charge in [0.25, 0.3) is 0 Å². The molecule has 1 aliphatic rings. The first-order chi connectivity index (χ1) is 11.1. The summed E-state index contributed by atoms with van der Waals surface area (Å²) in [6, 6.07) is 14.5. The van der Waals surface area contributed by atoms with Crippen LogP contribution in [0.3, 0.4) is 0 Å². The highest BCUT2D eigenvalue weighted by Crippen LogP contribution is 2.47. The molecule has 1 fully saturated rings. The molecule has 1 amide bonds. The van der Waals surface area contributed by atoms with E-state index in [1.165, 1.54) is 22.3 Å². The Morgan fingerprint density at radius 3 is 2.43 bits per heavy atom. The van der Waals surface area contributed by atoms with Crippen LogP contribution < -0.4 is 5.43 Å². The fraction of sp³-hybridized carbons (Fsp3) is 0.300. The van der Waals surface area contributed by atoms with E-state index in [0.29, 0.717) is 5.92 Å². The summed E-state index contributed by atoms with van der Waals surface area (Å²) in [4.78, 5) is 12.2. The number of nitrogens with one attached hydrogen (secondary N) is 1. The topological polar surface area (TPSA) is 41.5 Å². The van der Waals surface area contributed by atoms with Gasteiger partial charge in [0, 0.05) is 11.5 Å². The van der Waals surface area contributed by atoms with Gasteiger partial charge in [0.2, 0.25) is 5.91 Å². The third kappa shape index (κ3) is 3.50. The Kier molecular flexibility index (Phi) is 4.28. The van der Waals surface area contributed by atoms with Gasteiger partial charge in [-0.05, 0) is 49.8 Å². The van der Waals surface area contributed by atoms with Crippen LogP contribution in [0.1, 0.15) is 40.2 Å². The average molecular weight is 306 g/mol. The minimum absolute atomic E-state index is 0.0116. The third-order valence-corrected chi connectivity index (χ3v) is 4.46. The van der Waals surface area contributed by atoms with E-state index in [-0.39, 0.29) is 11.8 Å². The van der Waals surface area contributed by atoms with Crippen LogP contribution in [0.5, 0.6) is 0 Å². The molecular weight excluding hydrogens is 284 g/mol. The highest BCUT2D eigenvalue weighted by Gasteiger charge is 2.43. The molecule has 118 valence electrons. The maximum atomic E-state index is 12.2. The van der Waals surface area contributed by atoms with Crippen LogP contribution in [0.2, 0.25) is 0 Å². The van der Waals surface area contributed by atoms with E-state index in [2.05, 4.69) is 55.6 Å². The molecule has 23 heavy (non-hydrogen) atoms. The summed E-state index contributed by atoms with van der Waals surface area (Å²) in [5.41, 5.74) is 8.60. The molecule has 0 bridgehead atoms. The maximum Gasteiger partial charge on any atom is 0.243 e. The maximum absolute atomic E-state index is 12.2. The summed E-state index contributed by atoms with van der Waals surface area (Å²) in [6.45, 7) is 6.21. The molecule has 2 unspecified atom stereocenters. The van der Waals surface area contributed by atoms with E-state index >= 15 is 0 Å². The molecule has 0 saturated heterocycles. The van der Waals surface area contributed by atoms with Gasteiger partial charge >= 0.3 is 0 Å². The normalized spacial score (nSPS) is 19.8. The fourth-order valence-corrected chi connectivity index (χ4v) is 3.19. The Morgan fingerprint density at radius 2 is 1.78 bits per heavy atom. The second kappa shape index (κ2) is 6.37. The molecule has 0 spiro atoms. The number of hydrogen-bond acceptors (Lipinski definition) is 2. The Balaban J connectivity index is 1.60. The quantitative estimate of drug-likeness (QED) is 0.676. The molecule has 3 heteroatoms.